The van der Waals surface area contributed by atoms with E-state index in [1.807, 2.05) is 18.2 Å². The summed E-state index contributed by atoms with van der Waals surface area (Å²) in [7, 11) is 0. The van der Waals surface area contributed by atoms with Gasteiger partial charge in [0.15, 0.2) is 0 Å². The molecule has 3 rings (SSSR count). The van der Waals surface area contributed by atoms with Gasteiger partial charge in [-0.25, -0.2) is 0 Å². The van der Waals surface area contributed by atoms with E-state index < -0.39 is 0 Å². The molecule has 1 saturated carbocycles. The van der Waals surface area contributed by atoms with Crippen molar-refractivity contribution in [2.75, 3.05) is 5.32 Å². The molecule has 0 spiro atoms. The van der Waals surface area contributed by atoms with Crippen LogP contribution in [0.25, 0.3) is 0 Å². The third-order valence-corrected chi connectivity index (χ3v) is 4.36. The van der Waals surface area contributed by atoms with Crippen molar-refractivity contribution < 1.29 is 0 Å². The molecule has 0 saturated heterocycles. The van der Waals surface area contributed by atoms with Crippen LogP contribution in [0.3, 0.4) is 0 Å². The Kier molecular flexibility index (Phi) is 3.81. The van der Waals surface area contributed by atoms with Gasteiger partial charge in [-0.3, -0.25) is 0 Å². The zero-order valence-corrected chi connectivity index (χ0v) is 12.8. The highest BCUT2D eigenvalue weighted by Gasteiger charge is 2.25. The van der Waals surface area contributed by atoms with E-state index in [-0.39, 0.29) is 0 Å². The molecule has 3 heteroatoms. The van der Waals surface area contributed by atoms with Crippen molar-refractivity contribution in [1.29, 1.82) is 0 Å². The van der Waals surface area contributed by atoms with Crippen molar-refractivity contribution in [1.82, 2.24) is 0 Å². The van der Waals surface area contributed by atoms with Crippen LogP contribution in [-0.2, 0) is 6.54 Å². The summed E-state index contributed by atoms with van der Waals surface area (Å²) >= 11 is 9.48. The summed E-state index contributed by atoms with van der Waals surface area (Å²) in [6.45, 7) is 0.854. The predicted molar refractivity (Wildman–Crippen MR) is 84.9 cm³/mol. The maximum Gasteiger partial charge on any atom is 0.0488 e. The minimum atomic E-state index is 0.746. The third-order valence-electron chi connectivity index (χ3n) is 3.47. The lowest BCUT2D eigenvalue weighted by Crippen LogP contribution is -2.02. The highest BCUT2D eigenvalue weighted by molar-refractivity contribution is 9.10. The van der Waals surface area contributed by atoms with Gasteiger partial charge in [-0.15, -0.1) is 0 Å². The predicted octanol–water partition coefficient (Wildman–Crippen LogP) is 5.59. The van der Waals surface area contributed by atoms with E-state index in [0.717, 1.165) is 27.6 Å². The lowest BCUT2D eigenvalue weighted by molar-refractivity contribution is 1.03. The molecular formula is C16H15BrClN. The van der Waals surface area contributed by atoms with Crippen LogP contribution >= 0.6 is 27.5 Å². The van der Waals surface area contributed by atoms with Crippen LogP contribution in [0.5, 0.6) is 0 Å². The van der Waals surface area contributed by atoms with Gasteiger partial charge in [0.2, 0.25) is 0 Å². The Bertz CT molecular complexity index is 593. The van der Waals surface area contributed by atoms with Crippen molar-refractivity contribution >= 4 is 33.2 Å². The second-order valence-corrected chi connectivity index (χ2v) is 6.24. The van der Waals surface area contributed by atoms with Gasteiger partial charge in [-0.2, -0.15) is 0 Å². The van der Waals surface area contributed by atoms with Gasteiger partial charge in [-0.05, 0) is 64.0 Å². The summed E-state index contributed by atoms with van der Waals surface area (Å²) in [4.78, 5) is 0. The minimum Gasteiger partial charge on any atom is -0.380 e. The molecule has 0 amide bonds. The summed E-state index contributed by atoms with van der Waals surface area (Å²) in [6.07, 6.45) is 2.67. The molecule has 1 aliphatic carbocycles. The van der Waals surface area contributed by atoms with Crippen LogP contribution in [0, 0.1) is 0 Å². The Morgan fingerprint density at radius 1 is 1.16 bits per heavy atom. The minimum absolute atomic E-state index is 0.746. The van der Waals surface area contributed by atoms with Gasteiger partial charge in [0.25, 0.3) is 0 Å². The van der Waals surface area contributed by atoms with Crippen LogP contribution < -0.4 is 5.32 Å². The Morgan fingerprint density at radius 3 is 2.68 bits per heavy atom. The molecule has 0 aliphatic heterocycles. The molecule has 0 aromatic heterocycles. The van der Waals surface area contributed by atoms with Gasteiger partial charge in [0, 0.05) is 21.7 Å². The van der Waals surface area contributed by atoms with Gasteiger partial charge < -0.3 is 5.32 Å². The summed E-state index contributed by atoms with van der Waals surface area (Å²) in [5.41, 5.74) is 3.97. The molecule has 0 atom stereocenters. The number of hydrogen-bond acceptors (Lipinski definition) is 1. The fourth-order valence-electron chi connectivity index (χ4n) is 2.31. The maximum absolute atomic E-state index is 5.95. The first-order chi connectivity index (χ1) is 9.24. The SMILES string of the molecule is Clc1ccc(NCc2ccccc2C2CC2)c(Br)c1. The molecule has 1 nitrogen and oxygen atoms in total. The van der Waals surface area contributed by atoms with E-state index in [0.29, 0.717) is 0 Å². The van der Waals surface area contributed by atoms with Gasteiger partial charge >= 0.3 is 0 Å². The molecule has 19 heavy (non-hydrogen) atoms. The van der Waals surface area contributed by atoms with Crippen LogP contribution in [0.1, 0.15) is 29.9 Å². The second kappa shape index (κ2) is 5.56. The lowest BCUT2D eigenvalue weighted by Gasteiger charge is -2.12. The monoisotopic (exact) mass is 335 g/mol. The van der Waals surface area contributed by atoms with Crippen LogP contribution in [0.15, 0.2) is 46.9 Å². The topological polar surface area (TPSA) is 12.0 Å². The molecular weight excluding hydrogens is 322 g/mol. The maximum atomic E-state index is 5.95. The highest BCUT2D eigenvalue weighted by Crippen LogP contribution is 2.41. The zero-order valence-electron chi connectivity index (χ0n) is 10.5. The van der Waals surface area contributed by atoms with Gasteiger partial charge in [0.05, 0.1) is 0 Å². The summed E-state index contributed by atoms with van der Waals surface area (Å²) in [6, 6.07) is 14.5. The molecule has 1 N–H and O–H groups in total. The Labute approximate surface area is 127 Å². The smallest absolute Gasteiger partial charge is 0.0488 e. The zero-order chi connectivity index (χ0) is 13.2. The van der Waals surface area contributed by atoms with Crippen molar-refractivity contribution in [2.24, 2.45) is 0 Å². The average molecular weight is 337 g/mol. The summed E-state index contributed by atoms with van der Waals surface area (Å²) < 4.78 is 1.00. The number of benzene rings is 2. The van der Waals surface area contributed by atoms with Gasteiger partial charge in [0.1, 0.15) is 0 Å². The van der Waals surface area contributed by atoms with Crippen molar-refractivity contribution in [3.63, 3.8) is 0 Å². The first kappa shape index (κ1) is 13.0. The molecule has 2 aromatic carbocycles. The van der Waals surface area contributed by atoms with E-state index in [1.165, 1.54) is 24.0 Å². The molecule has 0 bridgehead atoms. The molecule has 1 aliphatic rings. The molecule has 1 fully saturated rings. The molecule has 98 valence electrons. The molecule has 2 aromatic rings. The largest absolute Gasteiger partial charge is 0.380 e. The van der Waals surface area contributed by atoms with Crippen molar-refractivity contribution in [2.45, 2.75) is 25.3 Å². The molecule has 0 radical (unpaired) electrons. The van der Waals surface area contributed by atoms with E-state index in [9.17, 15) is 0 Å². The standard InChI is InChI=1S/C16H15BrClN/c17-15-9-13(18)7-8-16(15)19-10-12-3-1-2-4-14(12)11-5-6-11/h1-4,7-9,11,19H,5-6,10H2. The number of halogens is 2. The first-order valence-corrected chi connectivity index (χ1v) is 7.68. The van der Waals surface area contributed by atoms with Crippen LogP contribution in [-0.4, -0.2) is 0 Å². The Hall–Kier alpha value is -0.990. The normalized spacial score (nSPS) is 14.4. The van der Waals surface area contributed by atoms with Crippen LogP contribution in [0.2, 0.25) is 5.02 Å². The number of nitrogens with one attached hydrogen (secondary N) is 1. The van der Waals surface area contributed by atoms with E-state index in [1.54, 1.807) is 0 Å². The van der Waals surface area contributed by atoms with Gasteiger partial charge in [-0.1, -0.05) is 35.9 Å². The highest BCUT2D eigenvalue weighted by atomic mass is 79.9. The average Bonchev–Trinajstić information content (AvgIpc) is 3.22. The van der Waals surface area contributed by atoms with Crippen molar-refractivity contribution in [3.8, 4) is 0 Å². The molecule has 0 unspecified atom stereocenters. The van der Waals surface area contributed by atoms with Crippen molar-refractivity contribution in [3.05, 3.63) is 63.1 Å². The fourth-order valence-corrected chi connectivity index (χ4v) is 3.13. The van der Waals surface area contributed by atoms with E-state index in [4.69, 9.17) is 11.6 Å². The van der Waals surface area contributed by atoms with E-state index >= 15 is 0 Å². The fraction of sp³-hybridized carbons (Fsp3) is 0.250. The summed E-state index contributed by atoms with van der Waals surface area (Å²) in [5.74, 6) is 0.784. The first-order valence-electron chi connectivity index (χ1n) is 6.51. The molecule has 0 heterocycles. The third kappa shape index (κ3) is 3.13. The Balaban J connectivity index is 1.75. The number of hydrogen-bond donors (Lipinski definition) is 1. The summed E-state index contributed by atoms with van der Waals surface area (Å²) in [5, 5.41) is 4.22. The number of anilines is 1. The number of rotatable bonds is 4. The second-order valence-electron chi connectivity index (χ2n) is 4.95. The quantitative estimate of drug-likeness (QED) is 0.767. The Morgan fingerprint density at radius 2 is 1.95 bits per heavy atom. The van der Waals surface area contributed by atoms with Crippen LogP contribution in [0.4, 0.5) is 5.69 Å². The lowest BCUT2D eigenvalue weighted by atomic mass is 10.0. The van der Waals surface area contributed by atoms with E-state index in [2.05, 4.69) is 45.5 Å².